The minimum absolute atomic E-state index is 0.173. The summed E-state index contributed by atoms with van der Waals surface area (Å²) in [5.41, 5.74) is 1.73. The van der Waals surface area contributed by atoms with Gasteiger partial charge in [-0.15, -0.1) is 23.5 Å². The van der Waals surface area contributed by atoms with Gasteiger partial charge in [0.05, 0.1) is 33.4 Å². The summed E-state index contributed by atoms with van der Waals surface area (Å²) in [7, 11) is 0. The third-order valence-electron chi connectivity index (χ3n) is 11.0. The van der Waals surface area contributed by atoms with E-state index >= 15 is 0 Å². The molecule has 7 rings (SSSR count). The zero-order valence-electron chi connectivity index (χ0n) is 37.7. The highest BCUT2D eigenvalue weighted by Crippen LogP contribution is 2.42. The van der Waals surface area contributed by atoms with Gasteiger partial charge in [0.2, 0.25) is 0 Å². The Hall–Kier alpha value is -6.92. The summed E-state index contributed by atoms with van der Waals surface area (Å²) in [6.07, 6.45) is -6.12. The molecule has 0 heterocycles. The molecule has 0 saturated heterocycles. The molecule has 0 bridgehead atoms. The highest BCUT2D eigenvalue weighted by atomic mass is 32.2. The Balaban J connectivity index is 1.46. The Kier molecular flexibility index (Phi) is 17.8. The number of thioether (sulfide) groups is 2. The quantitative estimate of drug-likeness (QED) is 0.0280. The molecule has 7 aromatic rings. The van der Waals surface area contributed by atoms with Crippen LogP contribution < -0.4 is 0 Å². The van der Waals surface area contributed by atoms with E-state index in [0.717, 1.165) is 16.7 Å². The van der Waals surface area contributed by atoms with Crippen molar-refractivity contribution in [2.24, 2.45) is 0 Å². The van der Waals surface area contributed by atoms with Crippen molar-refractivity contribution in [2.45, 2.75) is 48.4 Å². The van der Waals surface area contributed by atoms with Gasteiger partial charge in [0.1, 0.15) is 5.60 Å². The van der Waals surface area contributed by atoms with Crippen LogP contribution in [0, 0.1) is 0 Å². The predicted molar refractivity (Wildman–Crippen MR) is 268 cm³/mol. The summed E-state index contributed by atoms with van der Waals surface area (Å²) >= 11 is 2.95. The first kappa shape index (κ1) is 49.0. The Morgan fingerprint density at radius 2 is 0.662 bits per heavy atom. The molecule has 0 spiro atoms. The van der Waals surface area contributed by atoms with Crippen molar-refractivity contribution in [3.8, 4) is 0 Å². The van der Waals surface area contributed by atoms with Gasteiger partial charge in [-0.3, -0.25) is 0 Å². The van der Waals surface area contributed by atoms with E-state index in [1.165, 1.54) is 23.5 Å². The lowest BCUT2D eigenvalue weighted by Crippen LogP contribution is -2.56. The van der Waals surface area contributed by atoms with Gasteiger partial charge in [-0.25, -0.2) is 19.2 Å². The first-order valence-electron chi connectivity index (χ1n) is 22.4. The van der Waals surface area contributed by atoms with Crippen LogP contribution in [0.4, 0.5) is 0 Å². The molecule has 11 heteroatoms. The molecule has 9 nitrogen and oxygen atoms in total. The van der Waals surface area contributed by atoms with Crippen LogP contribution in [-0.4, -0.2) is 71.0 Å². The van der Waals surface area contributed by atoms with Crippen molar-refractivity contribution in [1.82, 2.24) is 0 Å². The Bertz CT molecular complexity index is 2540. The first-order valence-corrected chi connectivity index (χ1v) is 24.5. The molecule has 0 saturated carbocycles. The third-order valence-corrected chi connectivity index (χ3v) is 13.7. The minimum atomic E-state index is -1.67. The molecule has 0 amide bonds. The standard InChI is InChI=1S/C57H52O9S2/c1-3-67-56(68-4-2)51(66-55(61)44-32-18-8-19-33-44)50(65-54(60)43-30-16-7-17-31-43)49(64-53(59)42-28-14-6-15-29-42)48(63-52(58)41-26-12-5-13-27-41)40-62-57(45-34-20-9-21-35-45,46-36-22-10-23-37-46)47-38-24-11-25-39-47/h5-39,48-51,56H,3-4,40H2,1-2H3. The van der Waals surface area contributed by atoms with E-state index < -0.39 is 65.1 Å². The van der Waals surface area contributed by atoms with Gasteiger partial charge in [-0.2, -0.15) is 0 Å². The predicted octanol–water partition coefficient (Wildman–Crippen LogP) is 11.7. The molecule has 0 fully saturated rings. The number of rotatable bonds is 22. The fourth-order valence-corrected chi connectivity index (χ4v) is 10.4. The van der Waals surface area contributed by atoms with E-state index in [1.807, 2.05) is 105 Å². The molecule has 0 N–H and O–H groups in total. The lowest BCUT2D eigenvalue weighted by molar-refractivity contribution is -0.142. The summed E-state index contributed by atoms with van der Waals surface area (Å²) in [6.45, 7) is 3.50. The number of ether oxygens (including phenoxy) is 5. The summed E-state index contributed by atoms with van der Waals surface area (Å²) in [5, 5.41) is 0. The van der Waals surface area contributed by atoms with E-state index in [0.29, 0.717) is 11.5 Å². The maximum Gasteiger partial charge on any atom is 0.338 e. The fourth-order valence-electron chi connectivity index (χ4n) is 7.77. The van der Waals surface area contributed by atoms with Crippen LogP contribution in [0.5, 0.6) is 0 Å². The van der Waals surface area contributed by atoms with Crippen LogP contribution >= 0.6 is 23.5 Å². The lowest BCUT2D eigenvalue weighted by Gasteiger charge is -2.41. The van der Waals surface area contributed by atoms with Crippen molar-refractivity contribution >= 4 is 47.4 Å². The van der Waals surface area contributed by atoms with Gasteiger partial charge in [0.15, 0.2) is 24.4 Å². The molecule has 4 atom stereocenters. The van der Waals surface area contributed by atoms with Crippen molar-refractivity contribution < 1.29 is 42.9 Å². The van der Waals surface area contributed by atoms with Gasteiger partial charge < -0.3 is 23.7 Å². The number of carbonyl (C=O) groups excluding carboxylic acids is 4. The number of esters is 4. The average Bonchev–Trinajstić information content (AvgIpc) is 3.40. The van der Waals surface area contributed by atoms with Gasteiger partial charge in [0, 0.05) is 0 Å². The van der Waals surface area contributed by atoms with E-state index in [1.54, 1.807) is 121 Å². The molecule has 0 aliphatic heterocycles. The van der Waals surface area contributed by atoms with E-state index in [9.17, 15) is 19.2 Å². The van der Waals surface area contributed by atoms with E-state index in [-0.39, 0.29) is 22.3 Å². The second kappa shape index (κ2) is 24.7. The number of carbonyl (C=O) groups is 4. The second-order valence-corrected chi connectivity index (χ2v) is 18.5. The normalized spacial score (nSPS) is 13.0. The second-order valence-electron chi connectivity index (χ2n) is 15.4. The van der Waals surface area contributed by atoms with Crippen LogP contribution in [0.1, 0.15) is 72.0 Å². The van der Waals surface area contributed by atoms with Crippen LogP contribution in [0.15, 0.2) is 212 Å². The molecule has 346 valence electrons. The van der Waals surface area contributed by atoms with Crippen molar-refractivity contribution in [2.75, 3.05) is 18.1 Å². The number of hydrogen-bond acceptors (Lipinski definition) is 11. The molecule has 0 aliphatic rings. The summed E-state index contributed by atoms with van der Waals surface area (Å²) in [4.78, 5) is 58.2. The Labute approximate surface area is 406 Å². The Morgan fingerprint density at radius 1 is 0.382 bits per heavy atom. The van der Waals surface area contributed by atoms with Crippen molar-refractivity contribution in [1.29, 1.82) is 0 Å². The molecular weight excluding hydrogens is 893 g/mol. The summed E-state index contributed by atoms with van der Waals surface area (Å²) in [5.74, 6) is -1.91. The van der Waals surface area contributed by atoms with Crippen LogP contribution in [0.2, 0.25) is 0 Å². The maximum absolute atomic E-state index is 14.7. The zero-order chi connectivity index (χ0) is 47.6. The average molecular weight is 945 g/mol. The van der Waals surface area contributed by atoms with Crippen LogP contribution in [0.3, 0.4) is 0 Å². The zero-order valence-corrected chi connectivity index (χ0v) is 39.3. The van der Waals surface area contributed by atoms with E-state index in [2.05, 4.69) is 0 Å². The molecule has 0 aliphatic carbocycles. The van der Waals surface area contributed by atoms with Crippen molar-refractivity contribution in [3.63, 3.8) is 0 Å². The lowest BCUT2D eigenvalue weighted by atomic mass is 9.80. The van der Waals surface area contributed by atoms with E-state index in [4.69, 9.17) is 23.7 Å². The molecule has 4 unspecified atom stereocenters. The van der Waals surface area contributed by atoms with Gasteiger partial charge >= 0.3 is 23.9 Å². The SMILES string of the molecule is CCSC(SCC)C(OC(=O)c1ccccc1)C(OC(=O)c1ccccc1)C(OC(=O)c1ccccc1)C(COC(c1ccccc1)(c1ccccc1)c1ccccc1)OC(=O)c1ccccc1. The van der Waals surface area contributed by atoms with Gasteiger partial charge in [-0.1, -0.05) is 178 Å². The molecule has 0 aromatic heterocycles. The number of benzene rings is 7. The largest absolute Gasteiger partial charge is 0.453 e. The van der Waals surface area contributed by atoms with Gasteiger partial charge in [-0.05, 0) is 76.7 Å². The highest BCUT2D eigenvalue weighted by molar-refractivity contribution is 8.17. The number of hydrogen-bond donors (Lipinski definition) is 0. The summed E-state index contributed by atoms with van der Waals surface area (Å²) < 4.78 is 33.1. The first-order chi connectivity index (χ1) is 33.3. The van der Waals surface area contributed by atoms with Crippen LogP contribution in [-0.2, 0) is 29.3 Å². The van der Waals surface area contributed by atoms with Gasteiger partial charge in [0.25, 0.3) is 0 Å². The van der Waals surface area contributed by atoms with Crippen molar-refractivity contribution in [3.05, 3.63) is 251 Å². The maximum atomic E-state index is 14.7. The smallest absolute Gasteiger partial charge is 0.338 e. The molecule has 68 heavy (non-hydrogen) atoms. The summed E-state index contributed by atoms with van der Waals surface area (Å²) in [6, 6.07) is 62.5. The highest BCUT2D eigenvalue weighted by Gasteiger charge is 2.49. The molecule has 7 aromatic carbocycles. The Morgan fingerprint density at radius 3 is 0.985 bits per heavy atom. The fraction of sp³-hybridized carbons (Fsp3) is 0.193. The monoisotopic (exact) mass is 944 g/mol. The topological polar surface area (TPSA) is 114 Å². The molecule has 0 radical (unpaired) electrons. The van der Waals surface area contributed by atoms with Crippen LogP contribution in [0.25, 0.3) is 0 Å². The minimum Gasteiger partial charge on any atom is -0.453 e. The molecular formula is C57H52O9S2. The third kappa shape index (κ3) is 12.3.